The predicted molar refractivity (Wildman–Crippen MR) is 131 cm³/mol. The fraction of sp³-hybridized carbons (Fsp3) is 0.320. The molecule has 0 aliphatic carbocycles. The number of nitrogens with zero attached hydrogens (tertiary/aromatic N) is 3. The first kappa shape index (κ1) is 26.5. The van der Waals surface area contributed by atoms with Crippen molar-refractivity contribution in [2.45, 2.75) is 32.0 Å². The van der Waals surface area contributed by atoms with E-state index in [4.69, 9.17) is 16.3 Å². The molecule has 12 heteroatoms. The second kappa shape index (κ2) is 10.8. The molecule has 3 aromatic rings. The van der Waals surface area contributed by atoms with Gasteiger partial charge in [0, 0.05) is 30.2 Å². The van der Waals surface area contributed by atoms with Crippen LogP contribution in [-0.4, -0.2) is 41.4 Å². The van der Waals surface area contributed by atoms with Crippen molar-refractivity contribution in [3.8, 4) is 17.1 Å². The molecule has 37 heavy (non-hydrogen) atoms. The number of nitrogens with one attached hydrogen (secondary N) is 1. The minimum atomic E-state index is -4.55. The van der Waals surface area contributed by atoms with E-state index < -0.39 is 29.2 Å². The van der Waals surface area contributed by atoms with Gasteiger partial charge >= 0.3 is 12.3 Å². The van der Waals surface area contributed by atoms with E-state index in [-0.39, 0.29) is 40.6 Å². The number of alkyl carbamates (subject to hydrolysis) is 1. The number of anilines is 1. The zero-order valence-corrected chi connectivity index (χ0v) is 20.4. The third kappa shape index (κ3) is 6.04. The van der Waals surface area contributed by atoms with E-state index in [9.17, 15) is 27.2 Å². The van der Waals surface area contributed by atoms with Crippen LogP contribution in [0.5, 0.6) is 0 Å². The third-order valence-electron chi connectivity index (χ3n) is 5.95. The lowest BCUT2D eigenvalue weighted by molar-refractivity contribution is -0.137. The van der Waals surface area contributed by atoms with Crippen molar-refractivity contribution >= 4 is 23.5 Å². The molecular formula is C25H23ClF4N4O3. The molecule has 196 valence electrons. The number of amides is 1. The lowest BCUT2D eigenvalue weighted by atomic mass is 10.1. The standard InChI is InChI=1S/C25H23ClF4N4O3/c1-2-37-24(36)31-17-9-11-33(12-10-17)21-14-22(35)34(18-6-3-15(4-7-18)25(28,29)30)23(32-21)19-8-5-16(26)13-20(19)27/h3-8,13-14,17H,2,9-12H2,1H3,(H,31,36). The van der Waals surface area contributed by atoms with Crippen molar-refractivity contribution in [2.75, 3.05) is 24.6 Å². The van der Waals surface area contributed by atoms with Crippen LogP contribution in [0, 0.1) is 5.82 Å². The Balaban J connectivity index is 1.71. The highest BCUT2D eigenvalue weighted by molar-refractivity contribution is 6.30. The van der Waals surface area contributed by atoms with Crippen LogP contribution in [0.15, 0.2) is 53.3 Å². The van der Waals surface area contributed by atoms with Gasteiger partial charge in [0.15, 0.2) is 5.82 Å². The van der Waals surface area contributed by atoms with Crippen molar-refractivity contribution in [3.63, 3.8) is 0 Å². The number of halogens is 5. The van der Waals surface area contributed by atoms with Gasteiger partial charge < -0.3 is 15.0 Å². The predicted octanol–water partition coefficient (Wildman–Crippen LogP) is 5.43. The van der Waals surface area contributed by atoms with Gasteiger partial charge in [-0.15, -0.1) is 0 Å². The molecule has 1 fully saturated rings. The summed E-state index contributed by atoms with van der Waals surface area (Å²) in [5, 5.41) is 2.92. The maximum Gasteiger partial charge on any atom is 0.416 e. The van der Waals surface area contributed by atoms with Crippen LogP contribution in [0.1, 0.15) is 25.3 Å². The number of carbonyl (C=O) groups is 1. The third-order valence-corrected chi connectivity index (χ3v) is 6.18. The quantitative estimate of drug-likeness (QED) is 0.439. The van der Waals surface area contributed by atoms with Gasteiger partial charge in [-0.05, 0) is 62.2 Å². The van der Waals surface area contributed by atoms with Crippen LogP contribution in [0.25, 0.3) is 17.1 Å². The second-order valence-corrected chi connectivity index (χ2v) is 8.84. The van der Waals surface area contributed by atoms with Gasteiger partial charge in [-0.1, -0.05) is 11.6 Å². The van der Waals surface area contributed by atoms with Crippen LogP contribution in [0.3, 0.4) is 0 Å². The van der Waals surface area contributed by atoms with Crippen molar-refractivity contribution in [2.24, 2.45) is 0 Å². The molecule has 1 aliphatic heterocycles. The Morgan fingerprint density at radius 1 is 1.14 bits per heavy atom. The molecule has 7 nitrogen and oxygen atoms in total. The monoisotopic (exact) mass is 538 g/mol. The number of alkyl halides is 3. The highest BCUT2D eigenvalue weighted by atomic mass is 35.5. The molecule has 0 atom stereocenters. The molecule has 0 saturated carbocycles. The molecule has 2 heterocycles. The first-order valence-corrected chi connectivity index (χ1v) is 11.9. The zero-order valence-electron chi connectivity index (χ0n) is 19.7. The second-order valence-electron chi connectivity index (χ2n) is 8.41. The summed E-state index contributed by atoms with van der Waals surface area (Å²) in [6.07, 6.45) is -3.93. The largest absolute Gasteiger partial charge is 0.450 e. The average molecular weight is 539 g/mol. The average Bonchev–Trinajstić information content (AvgIpc) is 2.84. The summed E-state index contributed by atoms with van der Waals surface area (Å²) in [4.78, 5) is 31.4. The Bertz CT molecular complexity index is 1340. The molecule has 2 aromatic carbocycles. The van der Waals surface area contributed by atoms with Gasteiger partial charge in [0.2, 0.25) is 0 Å². The minimum absolute atomic E-state index is 0.0397. The highest BCUT2D eigenvalue weighted by Crippen LogP contribution is 2.31. The van der Waals surface area contributed by atoms with Crippen LogP contribution in [0.2, 0.25) is 5.02 Å². The first-order chi connectivity index (χ1) is 17.6. The van der Waals surface area contributed by atoms with Crippen molar-refractivity contribution < 1.29 is 27.1 Å². The number of ether oxygens (including phenoxy) is 1. The Morgan fingerprint density at radius 2 is 1.81 bits per heavy atom. The SMILES string of the molecule is CCOC(=O)NC1CCN(c2cc(=O)n(-c3ccc(C(F)(F)F)cc3)c(-c3ccc(Cl)cc3F)n2)CC1. The Labute approximate surface area is 214 Å². The van der Waals surface area contributed by atoms with Gasteiger partial charge in [-0.2, -0.15) is 13.2 Å². The maximum atomic E-state index is 14.9. The van der Waals surface area contributed by atoms with E-state index in [1.807, 2.05) is 4.90 Å². The number of hydrogen-bond acceptors (Lipinski definition) is 5. The van der Waals surface area contributed by atoms with E-state index >= 15 is 0 Å². The van der Waals surface area contributed by atoms with Gasteiger partial charge in [0.25, 0.3) is 5.56 Å². The van der Waals surface area contributed by atoms with E-state index in [0.717, 1.165) is 34.9 Å². The molecule has 4 rings (SSSR count). The van der Waals surface area contributed by atoms with Crippen LogP contribution < -0.4 is 15.8 Å². The Morgan fingerprint density at radius 3 is 2.41 bits per heavy atom. The molecule has 0 spiro atoms. The van der Waals surface area contributed by atoms with E-state index in [0.29, 0.717) is 25.9 Å². The number of rotatable bonds is 5. The topological polar surface area (TPSA) is 76.5 Å². The molecule has 1 N–H and O–H groups in total. The minimum Gasteiger partial charge on any atom is -0.450 e. The molecule has 1 saturated heterocycles. The van der Waals surface area contributed by atoms with Gasteiger partial charge in [-0.3, -0.25) is 9.36 Å². The fourth-order valence-electron chi connectivity index (χ4n) is 4.12. The van der Waals surface area contributed by atoms with E-state index in [1.165, 1.54) is 18.2 Å². The summed E-state index contributed by atoms with van der Waals surface area (Å²) in [7, 11) is 0. The van der Waals surface area contributed by atoms with Crippen LogP contribution >= 0.6 is 11.6 Å². The summed E-state index contributed by atoms with van der Waals surface area (Å²) in [6, 6.07) is 8.97. The number of hydrogen-bond donors (Lipinski definition) is 1. The lowest BCUT2D eigenvalue weighted by Crippen LogP contribution is -2.45. The summed E-state index contributed by atoms with van der Waals surface area (Å²) < 4.78 is 60.1. The highest BCUT2D eigenvalue weighted by Gasteiger charge is 2.30. The van der Waals surface area contributed by atoms with Crippen molar-refractivity contribution in [1.82, 2.24) is 14.9 Å². The van der Waals surface area contributed by atoms with Crippen LogP contribution in [0.4, 0.5) is 28.2 Å². The smallest absolute Gasteiger partial charge is 0.416 e. The lowest BCUT2D eigenvalue weighted by Gasteiger charge is -2.33. The zero-order chi connectivity index (χ0) is 26.7. The maximum absolute atomic E-state index is 14.9. The van der Waals surface area contributed by atoms with Crippen molar-refractivity contribution in [1.29, 1.82) is 0 Å². The summed E-state index contributed by atoms with van der Waals surface area (Å²) >= 11 is 5.89. The number of carbonyl (C=O) groups excluding carboxylic acids is 1. The molecule has 1 aliphatic rings. The summed E-state index contributed by atoms with van der Waals surface area (Å²) in [5.41, 5.74) is -1.42. The first-order valence-electron chi connectivity index (χ1n) is 11.5. The fourth-order valence-corrected chi connectivity index (χ4v) is 4.28. The van der Waals surface area contributed by atoms with Gasteiger partial charge in [0.05, 0.1) is 23.4 Å². The normalized spacial score (nSPS) is 14.5. The number of benzene rings is 2. The number of piperidine rings is 1. The van der Waals surface area contributed by atoms with Crippen molar-refractivity contribution in [3.05, 3.63) is 75.3 Å². The molecule has 0 radical (unpaired) electrons. The molecular weight excluding hydrogens is 516 g/mol. The summed E-state index contributed by atoms with van der Waals surface area (Å²) in [6.45, 7) is 2.88. The van der Waals surface area contributed by atoms with Gasteiger partial charge in [-0.25, -0.2) is 14.2 Å². The molecule has 0 bridgehead atoms. The molecule has 1 amide bonds. The molecule has 1 aromatic heterocycles. The van der Waals surface area contributed by atoms with Crippen LogP contribution in [-0.2, 0) is 10.9 Å². The Kier molecular flexibility index (Phi) is 7.72. The molecule has 0 unspecified atom stereocenters. The summed E-state index contributed by atoms with van der Waals surface area (Å²) in [5.74, 6) is -0.537. The van der Waals surface area contributed by atoms with Gasteiger partial charge in [0.1, 0.15) is 11.6 Å². The Hall–Kier alpha value is -3.60. The number of aromatic nitrogens is 2. The van der Waals surface area contributed by atoms with E-state index in [2.05, 4.69) is 10.3 Å². The van der Waals surface area contributed by atoms with E-state index in [1.54, 1.807) is 6.92 Å².